The number of hydroxylamine groups is 1. The lowest BCUT2D eigenvalue weighted by Gasteiger charge is -2.44. The van der Waals surface area contributed by atoms with Crippen LogP contribution in [0.15, 0.2) is 59.5 Å². The van der Waals surface area contributed by atoms with E-state index >= 15 is 0 Å². The highest BCUT2D eigenvalue weighted by Gasteiger charge is 2.48. The van der Waals surface area contributed by atoms with Crippen LogP contribution in [0.1, 0.15) is 52.3 Å². The van der Waals surface area contributed by atoms with E-state index in [0.717, 1.165) is 22.2 Å². The third-order valence-corrected chi connectivity index (χ3v) is 8.63. The van der Waals surface area contributed by atoms with E-state index in [1.807, 2.05) is 37.3 Å². The minimum atomic E-state index is -4.00. The number of hydrogen-bond donors (Lipinski definition) is 2. The maximum absolute atomic E-state index is 13.4. The molecular weight excluding hydrogens is 544 g/mol. The van der Waals surface area contributed by atoms with Crippen molar-refractivity contribution >= 4 is 32.7 Å². The third kappa shape index (κ3) is 7.22. The van der Waals surface area contributed by atoms with Crippen molar-refractivity contribution in [2.24, 2.45) is 5.41 Å². The fourth-order valence-corrected chi connectivity index (χ4v) is 6.22. The highest BCUT2D eigenvalue weighted by Crippen LogP contribution is 2.32. The molecule has 0 saturated carbocycles. The number of aryl methyl sites for hydroxylation is 1. The number of pyridine rings is 1. The van der Waals surface area contributed by atoms with Crippen molar-refractivity contribution in [2.75, 3.05) is 13.1 Å². The molecule has 2 amide bonds. The number of nitrogens with one attached hydrogen (secondary N) is 2. The number of sulfonamides is 1. The van der Waals surface area contributed by atoms with E-state index in [1.54, 1.807) is 44.7 Å². The Morgan fingerprint density at radius 2 is 1.80 bits per heavy atom. The fraction of sp³-hybridized carbons (Fsp3) is 0.433. The quantitative estimate of drug-likeness (QED) is 0.386. The number of para-hydroxylation sites is 1. The average molecular weight is 583 g/mol. The van der Waals surface area contributed by atoms with Gasteiger partial charge >= 0.3 is 0 Å². The van der Waals surface area contributed by atoms with Crippen molar-refractivity contribution in [2.45, 2.75) is 71.1 Å². The summed E-state index contributed by atoms with van der Waals surface area (Å²) in [5.74, 6) is -0.179. The number of piperidine rings is 1. The summed E-state index contributed by atoms with van der Waals surface area (Å²) in [4.78, 5) is 37.0. The lowest BCUT2D eigenvalue weighted by molar-refractivity contribution is -0.160. The standard InChI is InChI=1S/C30H38N4O6S/c1-20-17-22(25-9-7-8-10-26(25)31-20)18-39-23-11-13-24(14-12-23)41(37,38)33-27-15-16-34(21(2)35)19-30(27,6)28(36)32-40-29(3,4)5/h7-14,17,27,33H,15-16,18-19H2,1-6H3,(H,32,36)/t27-,30+/m1/s1. The Hall–Kier alpha value is -3.54. The van der Waals surface area contributed by atoms with Crippen molar-refractivity contribution < 1.29 is 27.6 Å². The Kier molecular flexibility index (Phi) is 8.72. The van der Waals surface area contributed by atoms with Crippen LogP contribution < -0.4 is 14.9 Å². The number of nitrogens with zero attached hydrogens (tertiary/aromatic N) is 2. The maximum atomic E-state index is 13.4. The third-order valence-electron chi connectivity index (χ3n) is 7.15. The fourth-order valence-electron chi connectivity index (χ4n) is 4.84. The van der Waals surface area contributed by atoms with Gasteiger partial charge in [-0.1, -0.05) is 18.2 Å². The monoisotopic (exact) mass is 582 g/mol. The summed E-state index contributed by atoms with van der Waals surface area (Å²) < 4.78 is 35.5. The van der Waals surface area contributed by atoms with Crippen LogP contribution in [-0.4, -0.2) is 54.8 Å². The van der Waals surface area contributed by atoms with Crippen LogP contribution in [0.2, 0.25) is 0 Å². The van der Waals surface area contributed by atoms with Crippen molar-refractivity contribution in [3.8, 4) is 5.75 Å². The molecule has 4 rings (SSSR count). The molecule has 0 unspecified atom stereocenters. The first-order valence-electron chi connectivity index (χ1n) is 13.5. The van der Waals surface area contributed by atoms with E-state index in [4.69, 9.17) is 9.57 Å². The van der Waals surface area contributed by atoms with Crippen molar-refractivity contribution in [1.82, 2.24) is 20.1 Å². The van der Waals surface area contributed by atoms with Crippen LogP contribution in [0.4, 0.5) is 0 Å². The summed E-state index contributed by atoms with van der Waals surface area (Å²) in [5.41, 5.74) is 3.30. The molecule has 1 aliphatic heterocycles. The van der Waals surface area contributed by atoms with Crippen molar-refractivity contribution in [1.29, 1.82) is 0 Å². The van der Waals surface area contributed by atoms with E-state index in [-0.39, 0.29) is 23.8 Å². The van der Waals surface area contributed by atoms with Crippen LogP contribution in [-0.2, 0) is 31.1 Å². The molecule has 3 aromatic rings. The molecule has 0 spiro atoms. The first-order valence-corrected chi connectivity index (χ1v) is 15.0. The number of likely N-dealkylation sites (tertiary alicyclic amines) is 1. The number of carbonyl (C=O) groups excluding carboxylic acids is 2. The summed E-state index contributed by atoms with van der Waals surface area (Å²) in [6.45, 7) is 11.0. The minimum absolute atomic E-state index is 0.0396. The van der Waals surface area contributed by atoms with Crippen LogP contribution >= 0.6 is 0 Å². The van der Waals surface area contributed by atoms with Gasteiger partial charge in [0, 0.05) is 42.7 Å². The zero-order valence-electron chi connectivity index (χ0n) is 24.4. The largest absolute Gasteiger partial charge is 0.489 e. The number of carbonyl (C=O) groups is 2. The minimum Gasteiger partial charge on any atom is -0.489 e. The van der Waals surface area contributed by atoms with Gasteiger partial charge in [-0.15, -0.1) is 0 Å². The Bertz CT molecular complexity index is 1530. The summed E-state index contributed by atoms with van der Waals surface area (Å²) >= 11 is 0. The molecule has 2 N–H and O–H groups in total. The molecule has 2 atom stereocenters. The lowest BCUT2D eigenvalue weighted by atomic mass is 9.77. The summed E-state index contributed by atoms with van der Waals surface area (Å²) in [6.07, 6.45) is 0.263. The molecule has 1 saturated heterocycles. The number of hydrogen-bond acceptors (Lipinski definition) is 7. The first kappa shape index (κ1) is 30.4. The average Bonchev–Trinajstić information content (AvgIpc) is 2.91. The van der Waals surface area contributed by atoms with E-state index in [0.29, 0.717) is 18.9 Å². The number of amides is 2. The van der Waals surface area contributed by atoms with Gasteiger partial charge in [0.1, 0.15) is 12.4 Å². The number of rotatable bonds is 8. The molecule has 0 aliphatic carbocycles. The van der Waals surface area contributed by atoms with Gasteiger partial charge in [0.2, 0.25) is 15.9 Å². The predicted octanol–water partition coefficient (Wildman–Crippen LogP) is 3.87. The highest BCUT2D eigenvalue weighted by molar-refractivity contribution is 7.89. The Morgan fingerprint density at radius 3 is 2.46 bits per heavy atom. The van der Waals surface area contributed by atoms with Gasteiger partial charge in [-0.05, 0) is 77.4 Å². The van der Waals surface area contributed by atoms with E-state index in [1.165, 1.54) is 19.1 Å². The molecular formula is C30H38N4O6S. The second kappa shape index (κ2) is 11.8. The molecule has 220 valence electrons. The maximum Gasteiger partial charge on any atom is 0.252 e. The predicted molar refractivity (Wildman–Crippen MR) is 155 cm³/mol. The number of aromatic nitrogens is 1. The van der Waals surface area contributed by atoms with Crippen LogP contribution in [0, 0.1) is 12.3 Å². The Morgan fingerprint density at radius 1 is 1.12 bits per heavy atom. The van der Waals surface area contributed by atoms with Gasteiger partial charge in [-0.3, -0.25) is 19.4 Å². The second-order valence-electron chi connectivity index (χ2n) is 11.7. The Balaban J connectivity index is 1.49. The van der Waals surface area contributed by atoms with Crippen molar-refractivity contribution in [3.63, 3.8) is 0 Å². The highest BCUT2D eigenvalue weighted by atomic mass is 32.2. The van der Waals surface area contributed by atoms with Gasteiger partial charge < -0.3 is 9.64 Å². The summed E-state index contributed by atoms with van der Waals surface area (Å²) in [7, 11) is -4.00. The molecule has 41 heavy (non-hydrogen) atoms. The van der Waals surface area contributed by atoms with Crippen LogP contribution in [0.25, 0.3) is 10.9 Å². The van der Waals surface area contributed by atoms with E-state index in [9.17, 15) is 18.0 Å². The van der Waals surface area contributed by atoms with Gasteiger partial charge in [0.15, 0.2) is 0 Å². The SMILES string of the molecule is CC(=O)N1CC[C@@H](NS(=O)(=O)c2ccc(OCc3cc(C)nc4ccccc34)cc2)[C@@](C)(C(=O)NOC(C)(C)C)C1. The van der Waals surface area contributed by atoms with Gasteiger partial charge in [0.25, 0.3) is 5.91 Å². The van der Waals surface area contributed by atoms with Gasteiger partial charge in [-0.2, -0.15) is 0 Å². The number of fused-ring (bicyclic) bond motifs is 1. The summed E-state index contributed by atoms with van der Waals surface area (Å²) in [5, 5.41) is 0.998. The first-order chi connectivity index (χ1) is 19.2. The molecule has 0 bridgehead atoms. The van der Waals surface area contributed by atoms with E-state index < -0.39 is 33.0 Å². The van der Waals surface area contributed by atoms with Crippen LogP contribution in [0.5, 0.6) is 5.75 Å². The molecule has 1 aliphatic rings. The second-order valence-corrected chi connectivity index (χ2v) is 13.4. The number of benzene rings is 2. The molecule has 10 nitrogen and oxygen atoms in total. The lowest BCUT2D eigenvalue weighted by Crippen LogP contribution is -2.63. The normalized spacial score (nSPS) is 19.7. The smallest absolute Gasteiger partial charge is 0.252 e. The van der Waals surface area contributed by atoms with E-state index in [2.05, 4.69) is 15.2 Å². The summed E-state index contributed by atoms with van der Waals surface area (Å²) in [6, 6.07) is 15.2. The number of ether oxygens (including phenoxy) is 1. The van der Waals surface area contributed by atoms with Crippen LogP contribution in [0.3, 0.4) is 0 Å². The van der Waals surface area contributed by atoms with Gasteiger partial charge in [0.05, 0.1) is 21.4 Å². The molecule has 1 aromatic heterocycles. The van der Waals surface area contributed by atoms with Crippen molar-refractivity contribution in [3.05, 3.63) is 65.9 Å². The molecule has 1 fully saturated rings. The molecule has 11 heteroatoms. The molecule has 0 radical (unpaired) electrons. The Labute approximate surface area is 241 Å². The topological polar surface area (TPSA) is 127 Å². The van der Waals surface area contributed by atoms with Gasteiger partial charge in [-0.25, -0.2) is 18.6 Å². The zero-order valence-corrected chi connectivity index (χ0v) is 25.2. The zero-order chi connectivity index (χ0) is 30.0. The molecule has 2 aromatic carbocycles. The molecule has 2 heterocycles.